The van der Waals surface area contributed by atoms with Crippen molar-refractivity contribution in [3.63, 3.8) is 0 Å². The maximum atomic E-state index is 10.8. The number of carbonyl (C=O) groups is 1. The predicted octanol–water partition coefficient (Wildman–Crippen LogP) is 6.24. The number of allylic oxidation sites excluding steroid dienone is 4. The molecule has 29 heavy (non-hydrogen) atoms. The molecule has 0 bridgehead atoms. The van der Waals surface area contributed by atoms with Gasteiger partial charge in [-0.25, -0.2) is 4.79 Å². The van der Waals surface area contributed by atoms with E-state index in [-0.39, 0.29) is 10.8 Å². The zero-order chi connectivity index (χ0) is 21.4. The lowest BCUT2D eigenvalue weighted by Gasteiger charge is -2.44. The molecule has 0 radical (unpaired) electrons. The van der Waals surface area contributed by atoms with Gasteiger partial charge in [-0.15, -0.1) is 0 Å². The highest BCUT2D eigenvalue weighted by Gasteiger charge is 2.38. The maximum Gasteiger partial charge on any atom is 0.328 e. The molecule has 0 unspecified atom stereocenters. The number of carboxylic acid groups (broad SMARTS) is 1. The maximum absolute atomic E-state index is 10.8. The fourth-order valence-electron chi connectivity index (χ4n) is 4.69. The largest absolute Gasteiger partial charge is 0.478 e. The first-order valence-corrected chi connectivity index (χ1v) is 10.8. The van der Waals surface area contributed by atoms with E-state index in [1.807, 2.05) is 19.1 Å². The molecule has 1 aromatic rings. The lowest BCUT2D eigenvalue weighted by molar-refractivity contribution is -0.131. The van der Waals surface area contributed by atoms with Crippen LogP contribution in [-0.2, 0) is 15.6 Å². The van der Waals surface area contributed by atoms with Crippen molar-refractivity contribution in [3.8, 4) is 0 Å². The van der Waals surface area contributed by atoms with Crippen molar-refractivity contribution in [1.82, 2.24) is 0 Å². The topological polar surface area (TPSA) is 40.5 Å². The molecule has 0 aromatic heterocycles. The molecule has 0 fully saturated rings. The molecule has 2 aliphatic rings. The lowest BCUT2D eigenvalue weighted by Crippen LogP contribution is -2.36. The standard InChI is InChI=1S/C26H35NO2/c1-7-27-14-11-19(10-8-9-18(2)15-24(28)29)20-16-21-22(17-23(20)27)26(5,6)13-12-25(21,3)4/h8-10,15-17H,7,11-14H2,1-6H3,(H,28,29). The van der Waals surface area contributed by atoms with E-state index in [0.717, 1.165) is 25.1 Å². The van der Waals surface area contributed by atoms with Crippen molar-refractivity contribution in [3.05, 3.63) is 58.7 Å². The van der Waals surface area contributed by atoms with Gasteiger partial charge in [-0.05, 0) is 78.3 Å². The average molecular weight is 394 g/mol. The molecule has 0 saturated carbocycles. The van der Waals surface area contributed by atoms with Crippen molar-refractivity contribution < 1.29 is 9.90 Å². The van der Waals surface area contributed by atoms with Crippen LogP contribution in [-0.4, -0.2) is 24.2 Å². The Hall–Kier alpha value is -2.29. The summed E-state index contributed by atoms with van der Waals surface area (Å²) >= 11 is 0. The fraction of sp³-hybridized carbons (Fsp3) is 0.500. The number of nitrogens with zero attached hydrogens (tertiary/aromatic N) is 1. The minimum absolute atomic E-state index is 0.191. The molecule has 0 atom stereocenters. The van der Waals surface area contributed by atoms with Crippen LogP contribution in [0.1, 0.15) is 77.5 Å². The van der Waals surface area contributed by atoms with E-state index in [9.17, 15) is 4.79 Å². The molecule has 3 nitrogen and oxygen atoms in total. The van der Waals surface area contributed by atoms with E-state index in [4.69, 9.17) is 5.11 Å². The van der Waals surface area contributed by atoms with Crippen LogP contribution in [0.3, 0.4) is 0 Å². The molecule has 1 aliphatic carbocycles. The Morgan fingerprint density at radius 3 is 2.34 bits per heavy atom. The van der Waals surface area contributed by atoms with Crippen LogP contribution in [0.4, 0.5) is 5.69 Å². The number of hydrogen-bond donors (Lipinski definition) is 1. The highest BCUT2D eigenvalue weighted by Crippen LogP contribution is 2.49. The summed E-state index contributed by atoms with van der Waals surface area (Å²) in [6, 6.07) is 4.91. The van der Waals surface area contributed by atoms with E-state index >= 15 is 0 Å². The number of benzene rings is 1. The number of aliphatic carboxylic acids is 1. The first-order valence-electron chi connectivity index (χ1n) is 10.8. The minimum atomic E-state index is -0.905. The van der Waals surface area contributed by atoms with E-state index < -0.39 is 5.97 Å². The van der Waals surface area contributed by atoms with Gasteiger partial charge in [-0.2, -0.15) is 0 Å². The van der Waals surface area contributed by atoms with Crippen LogP contribution < -0.4 is 4.90 Å². The number of anilines is 1. The lowest BCUT2D eigenvalue weighted by atomic mass is 9.62. The van der Waals surface area contributed by atoms with Gasteiger partial charge in [0.15, 0.2) is 0 Å². The summed E-state index contributed by atoms with van der Waals surface area (Å²) < 4.78 is 0. The van der Waals surface area contributed by atoms with Crippen LogP contribution in [0, 0.1) is 0 Å². The van der Waals surface area contributed by atoms with Crippen molar-refractivity contribution in [2.45, 2.75) is 71.6 Å². The minimum Gasteiger partial charge on any atom is -0.478 e. The quantitative estimate of drug-likeness (QED) is 0.486. The summed E-state index contributed by atoms with van der Waals surface area (Å²) in [6.45, 7) is 15.6. The zero-order valence-corrected chi connectivity index (χ0v) is 18.8. The highest BCUT2D eigenvalue weighted by molar-refractivity contribution is 5.83. The van der Waals surface area contributed by atoms with Crippen LogP contribution >= 0.6 is 0 Å². The van der Waals surface area contributed by atoms with Crippen molar-refractivity contribution in [2.75, 3.05) is 18.0 Å². The number of carboxylic acids is 1. The zero-order valence-electron chi connectivity index (χ0n) is 18.8. The van der Waals surface area contributed by atoms with Crippen LogP contribution in [0.2, 0.25) is 0 Å². The molecule has 1 N–H and O–H groups in total. The van der Waals surface area contributed by atoms with Crippen LogP contribution in [0.25, 0.3) is 5.57 Å². The van der Waals surface area contributed by atoms with Gasteiger partial charge in [0.25, 0.3) is 0 Å². The monoisotopic (exact) mass is 393 g/mol. The number of fused-ring (bicyclic) bond motifs is 2. The Bertz CT molecular complexity index is 900. The molecule has 3 rings (SSSR count). The Morgan fingerprint density at radius 2 is 1.76 bits per heavy atom. The van der Waals surface area contributed by atoms with Gasteiger partial charge in [0.05, 0.1) is 0 Å². The summed E-state index contributed by atoms with van der Waals surface area (Å²) in [5, 5.41) is 8.89. The van der Waals surface area contributed by atoms with Gasteiger partial charge in [0, 0.05) is 30.4 Å². The van der Waals surface area contributed by atoms with Crippen molar-refractivity contribution >= 4 is 17.2 Å². The third kappa shape index (κ3) is 4.34. The summed E-state index contributed by atoms with van der Waals surface area (Å²) in [5.41, 5.74) is 8.16. The smallest absolute Gasteiger partial charge is 0.328 e. The SMILES string of the molecule is CCN1CCC(=CC=CC(C)=CC(=O)O)c2cc3c(cc21)C(C)(C)CCC3(C)C. The summed E-state index contributed by atoms with van der Waals surface area (Å²) in [6.07, 6.45) is 10.7. The Balaban J connectivity index is 2.10. The number of rotatable bonds is 4. The molecule has 1 aliphatic heterocycles. The molecule has 0 amide bonds. The van der Waals surface area contributed by atoms with E-state index in [0.29, 0.717) is 0 Å². The summed E-state index contributed by atoms with van der Waals surface area (Å²) in [7, 11) is 0. The highest BCUT2D eigenvalue weighted by atomic mass is 16.4. The van der Waals surface area contributed by atoms with Gasteiger partial charge in [0.1, 0.15) is 0 Å². The Morgan fingerprint density at radius 1 is 1.14 bits per heavy atom. The molecular weight excluding hydrogens is 358 g/mol. The second-order valence-electron chi connectivity index (χ2n) is 9.79. The van der Waals surface area contributed by atoms with E-state index in [1.165, 1.54) is 46.9 Å². The normalized spacial score (nSPS) is 21.9. The van der Waals surface area contributed by atoms with Gasteiger partial charge in [-0.3, -0.25) is 0 Å². The molecule has 0 saturated heterocycles. The second-order valence-corrected chi connectivity index (χ2v) is 9.79. The third-order valence-corrected chi connectivity index (χ3v) is 6.70. The summed E-state index contributed by atoms with van der Waals surface area (Å²) in [4.78, 5) is 13.3. The average Bonchev–Trinajstić information content (AvgIpc) is 2.64. The molecule has 1 heterocycles. The Labute approximate surface area is 175 Å². The molecule has 156 valence electrons. The van der Waals surface area contributed by atoms with Crippen molar-refractivity contribution in [2.24, 2.45) is 0 Å². The van der Waals surface area contributed by atoms with E-state index in [1.54, 1.807) is 0 Å². The fourth-order valence-corrected chi connectivity index (χ4v) is 4.69. The van der Waals surface area contributed by atoms with Gasteiger partial charge >= 0.3 is 5.97 Å². The molecule has 3 heteroatoms. The summed E-state index contributed by atoms with van der Waals surface area (Å²) in [5.74, 6) is -0.905. The predicted molar refractivity (Wildman–Crippen MR) is 123 cm³/mol. The first-order chi connectivity index (χ1) is 13.5. The molecular formula is C26H35NO2. The Kier molecular flexibility index (Phi) is 5.80. The van der Waals surface area contributed by atoms with Crippen LogP contribution in [0.5, 0.6) is 0 Å². The third-order valence-electron chi connectivity index (χ3n) is 6.70. The van der Waals surface area contributed by atoms with Crippen LogP contribution in [0.15, 0.2) is 42.0 Å². The number of hydrogen-bond acceptors (Lipinski definition) is 2. The van der Waals surface area contributed by atoms with Gasteiger partial charge in [-0.1, -0.05) is 45.9 Å². The second kappa shape index (κ2) is 7.85. The molecule has 0 spiro atoms. The van der Waals surface area contributed by atoms with Crippen molar-refractivity contribution in [1.29, 1.82) is 0 Å². The van der Waals surface area contributed by atoms with Gasteiger partial charge in [0.2, 0.25) is 0 Å². The van der Waals surface area contributed by atoms with Gasteiger partial charge < -0.3 is 10.0 Å². The molecule has 1 aromatic carbocycles. The first kappa shape index (κ1) is 21.4. The van der Waals surface area contributed by atoms with E-state index in [2.05, 4.69) is 57.7 Å².